The molecule has 1 fully saturated rings. The van der Waals surface area contributed by atoms with Gasteiger partial charge in [0, 0.05) is 16.9 Å². The maximum atomic E-state index is 13.2. The van der Waals surface area contributed by atoms with Crippen LogP contribution in [0.2, 0.25) is 0 Å². The number of nitrogens with zero attached hydrogens (tertiary/aromatic N) is 2. The smallest absolute Gasteiger partial charge is 0.416 e. The van der Waals surface area contributed by atoms with Crippen LogP contribution in [0.3, 0.4) is 0 Å². The largest absolute Gasteiger partial charge is 0.486 e. The van der Waals surface area contributed by atoms with Crippen molar-refractivity contribution in [2.24, 2.45) is 5.41 Å². The van der Waals surface area contributed by atoms with Crippen LogP contribution in [0.25, 0.3) is 0 Å². The van der Waals surface area contributed by atoms with Gasteiger partial charge in [-0.25, -0.2) is 9.97 Å². The van der Waals surface area contributed by atoms with E-state index in [0.29, 0.717) is 30.0 Å². The Balaban J connectivity index is 1.64. The van der Waals surface area contributed by atoms with Crippen molar-refractivity contribution in [3.05, 3.63) is 53.1 Å². The van der Waals surface area contributed by atoms with Crippen molar-refractivity contribution in [2.45, 2.75) is 51.3 Å². The van der Waals surface area contributed by atoms with E-state index < -0.39 is 17.2 Å². The van der Waals surface area contributed by atoms with Crippen molar-refractivity contribution in [1.29, 1.82) is 0 Å². The first-order valence-corrected chi connectivity index (χ1v) is 9.60. The summed E-state index contributed by atoms with van der Waals surface area (Å²) >= 11 is 0. The summed E-state index contributed by atoms with van der Waals surface area (Å²) in [6, 6.07) is 4.05. The minimum absolute atomic E-state index is 0.0390. The average molecular weight is 410 g/mol. The minimum Gasteiger partial charge on any atom is -0.486 e. The Labute approximate surface area is 167 Å². The fraction of sp³-hybridized carbons (Fsp3) is 0.524. The van der Waals surface area contributed by atoms with Gasteiger partial charge in [0.2, 0.25) is 0 Å². The molecule has 2 N–H and O–H groups in total. The number of ether oxygens (including phenoxy) is 1. The Kier molecular flexibility index (Phi) is 6.43. The summed E-state index contributed by atoms with van der Waals surface area (Å²) in [5.74, 6) is 1.08. The second kappa shape index (κ2) is 8.67. The van der Waals surface area contributed by atoms with E-state index in [2.05, 4.69) is 9.97 Å². The number of aryl methyl sites for hydroxylation is 1. The number of aliphatic hydroxyl groups is 2. The van der Waals surface area contributed by atoms with Crippen molar-refractivity contribution in [3.8, 4) is 5.75 Å². The Morgan fingerprint density at radius 3 is 2.28 bits per heavy atom. The predicted octanol–water partition coefficient (Wildman–Crippen LogP) is 4.01. The highest BCUT2D eigenvalue weighted by molar-refractivity contribution is 5.36. The number of hydrogen-bond acceptors (Lipinski definition) is 5. The summed E-state index contributed by atoms with van der Waals surface area (Å²) in [6.45, 7) is 1.32. The van der Waals surface area contributed by atoms with Gasteiger partial charge in [0.1, 0.15) is 12.4 Å². The number of aromatic nitrogens is 2. The maximum absolute atomic E-state index is 13.2. The average Bonchev–Trinajstić information content (AvgIpc) is 2.72. The second-order valence-corrected chi connectivity index (χ2v) is 7.75. The van der Waals surface area contributed by atoms with E-state index >= 15 is 0 Å². The van der Waals surface area contributed by atoms with Crippen LogP contribution in [0.5, 0.6) is 5.75 Å². The van der Waals surface area contributed by atoms with Crippen LogP contribution in [-0.4, -0.2) is 33.4 Å². The first-order valence-electron chi connectivity index (χ1n) is 9.60. The van der Waals surface area contributed by atoms with E-state index in [-0.39, 0.29) is 31.3 Å². The lowest BCUT2D eigenvalue weighted by molar-refractivity contribution is -0.138. The minimum atomic E-state index is -4.44. The number of aliphatic hydroxyl groups excluding tert-OH is 2. The van der Waals surface area contributed by atoms with Crippen LogP contribution in [-0.2, 0) is 12.8 Å². The SMILES string of the molecule is Cc1cccc(C(F)(F)F)c1COc1cnc(C2CCC(CO)(CO)CC2)nc1. The molecule has 0 unspecified atom stereocenters. The molecule has 8 heteroatoms. The standard InChI is InChI=1S/C21H25F3N2O3/c1-14-3-2-4-18(21(22,23)24)17(14)11-29-16-9-25-19(26-10-16)15-5-7-20(12-27,13-28)8-6-15/h2-4,9-10,15,27-28H,5-8,11-13H2,1H3. The summed E-state index contributed by atoms with van der Waals surface area (Å²) in [7, 11) is 0. The van der Waals surface area contributed by atoms with E-state index in [9.17, 15) is 23.4 Å². The van der Waals surface area contributed by atoms with Gasteiger partial charge >= 0.3 is 6.18 Å². The monoisotopic (exact) mass is 410 g/mol. The van der Waals surface area contributed by atoms with Gasteiger partial charge < -0.3 is 14.9 Å². The molecule has 0 bridgehead atoms. The molecule has 1 saturated carbocycles. The molecule has 2 aromatic rings. The molecule has 1 aromatic heterocycles. The Hall–Kier alpha value is -2.19. The lowest BCUT2D eigenvalue weighted by atomic mass is 9.71. The fourth-order valence-electron chi connectivity index (χ4n) is 3.78. The van der Waals surface area contributed by atoms with Crippen LogP contribution < -0.4 is 4.74 Å². The third-order valence-corrected chi connectivity index (χ3v) is 5.83. The molecule has 5 nitrogen and oxygen atoms in total. The third-order valence-electron chi connectivity index (χ3n) is 5.83. The lowest BCUT2D eigenvalue weighted by Gasteiger charge is -2.36. The lowest BCUT2D eigenvalue weighted by Crippen LogP contribution is -2.34. The van der Waals surface area contributed by atoms with E-state index in [1.807, 2.05) is 0 Å². The van der Waals surface area contributed by atoms with Crippen LogP contribution in [0.1, 0.15) is 54.1 Å². The van der Waals surface area contributed by atoms with Crippen LogP contribution in [0.4, 0.5) is 13.2 Å². The van der Waals surface area contributed by atoms with E-state index in [4.69, 9.17) is 4.74 Å². The van der Waals surface area contributed by atoms with Gasteiger partial charge in [0.25, 0.3) is 0 Å². The number of hydrogen-bond donors (Lipinski definition) is 2. The highest BCUT2D eigenvalue weighted by atomic mass is 19.4. The van der Waals surface area contributed by atoms with Gasteiger partial charge in [-0.15, -0.1) is 0 Å². The quantitative estimate of drug-likeness (QED) is 0.753. The summed E-state index contributed by atoms with van der Waals surface area (Å²) in [5.41, 5.74) is -0.520. The van der Waals surface area contributed by atoms with Crippen LogP contribution >= 0.6 is 0 Å². The summed E-state index contributed by atoms with van der Waals surface area (Å²) in [6.07, 6.45) is 1.44. The molecule has 1 heterocycles. The Morgan fingerprint density at radius 2 is 1.72 bits per heavy atom. The predicted molar refractivity (Wildman–Crippen MR) is 100 cm³/mol. The molecule has 3 rings (SSSR count). The van der Waals surface area contributed by atoms with Crippen molar-refractivity contribution >= 4 is 0 Å². The molecule has 29 heavy (non-hydrogen) atoms. The van der Waals surface area contributed by atoms with Gasteiger partial charge in [0.15, 0.2) is 5.75 Å². The fourth-order valence-corrected chi connectivity index (χ4v) is 3.78. The van der Waals surface area contributed by atoms with Gasteiger partial charge in [0.05, 0.1) is 31.2 Å². The highest BCUT2D eigenvalue weighted by Crippen LogP contribution is 2.41. The molecule has 1 aromatic carbocycles. The molecular weight excluding hydrogens is 385 g/mol. The molecular formula is C21H25F3N2O3. The van der Waals surface area contributed by atoms with Crippen molar-refractivity contribution in [1.82, 2.24) is 9.97 Å². The van der Waals surface area contributed by atoms with Gasteiger partial charge in [-0.05, 0) is 44.2 Å². The first-order chi connectivity index (χ1) is 13.8. The molecule has 0 radical (unpaired) electrons. The molecule has 0 atom stereocenters. The summed E-state index contributed by atoms with van der Waals surface area (Å²) in [5, 5.41) is 19.0. The summed E-state index contributed by atoms with van der Waals surface area (Å²) < 4.78 is 45.1. The molecule has 0 amide bonds. The third kappa shape index (κ3) is 4.87. The molecule has 0 saturated heterocycles. The van der Waals surface area contributed by atoms with Gasteiger partial charge in [-0.3, -0.25) is 0 Å². The van der Waals surface area contributed by atoms with E-state index in [1.54, 1.807) is 13.0 Å². The topological polar surface area (TPSA) is 75.5 Å². The highest BCUT2D eigenvalue weighted by Gasteiger charge is 2.36. The molecule has 158 valence electrons. The zero-order valence-corrected chi connectivity index (χ0v) is 16.2. The number of rotatable bonds is 6. The Bertz CT molecular complexity index is 811. The molecule has 1 aliphatic carbocycles. The molecule has 0 aliphatic heterocycles. The van der Waals surface area contributed by atoms with Crippen molar-refractivity contribution in [2.75, 3.05) is 13.2 Å². The summed E-state index contributed by atoms with van der Waals surface area (Å²) in [4.78, 5) is 8.65. The maximum Gasteiger partial charge on any atom is 0.416 e. The van der Waals surface area contributed by atoms with Gasteiger partial charge in [-0.1, -0.05) is 12.1 Å². The zero-order chi connectivity index (χ0) is 21.1. The van der Waals surface area contributed by atoms with E-state index in [1.165, 1.54) is 18.5 Å². The van der Waals surface area contributed by atoms with E-state index in [0.717, 1.165) is 18.9 Å². The van der Waals surface area contributed by atoms with Crippen molar-refractivity contribution in [3.63, 3.8) is 0 Å². The van der Waals surface area contributed by atoms with Crippen LogP contribution in [0, 0.1) is 12.3 Å². The number of alkyl halides is 3. The first kappa shape index (κ1) is 21.5. The van der Waals surface area contributed by atoms with Crippen LogP contribution in [0.15, 0.2) is 30.6 Å². The van der Waals surface area contributed by atoms with Gasteiger partial charge in [-0.2, -0.15) is 13.2 Å². The molecule has 0 spiro atoms. The normalized spacial score (nSPS) is 17.3. The zero-order valence-electron chi connectivity index (χ0n) is 16.2. The number of benzene rings is 1. The Morgan fingerprint density at radius 1 is 1.10 bits per heavy atom. The second-order valence-electron chi connectivity index (χ2n) is 7.75. The molecule has 1 aliphatic rings. The van der Waals surface area contributed by atoms with Crippen molar-refractivity contribution < 1.29 is 28.1 Å². The number of halogens is 3.